The van der Waals surface area contributed by atoms with Gasteiger partial charge in [-0.2, -0.15) is 0 Å². The lowest BCUT2D eigenvalue weighted by molar-refractivity contribution is 0.0558. The van der Waals surface area contributed by atoms with Gasteiger partial charge in [0.15, 0.2) is 6.10 Å². The molecule has 104 valence electrons. The van der Waals surface area contributed by atoms with Crippen molar-refractivity contribution in [3.63, 3.8) is 0 Å². The van der Waals surface area contributed by atoms with Gasteiger partial charge in [0.25, 0.3) is 0 Å². The maximum atomic E-state index is 11.3. The molecular formula is C15H14O5. The number of hydrogen-bond donors (Lipinski definition) is 0. The maximum absolute atomic E-state index is 11.3. The van der Waals surface area contributed by atoms with Gasteiger partial charge in [-0.15, -0.1) is 0 Å². The molecule has 0 aliphatic heterocycles. The molecule has 2 rings (SSSR count). The number of esters is 1. The molecule has 1 heterocycles. The number of ether oxygens (including phenoxy) is 2. The second kappa shape index (κ2) is 6.06. The zero-order chi connectivity index (χ0) is 14.5. The van der Waals surface area contributed by atoms with Crippen LogP contribution in [0.3, 0.4) is 0 Å². The van der Waals surface area contributed by atoms with E-state index in [1.54, 1.807) is 37.3 Å². The second-order valence-corrected chi connectivity index (χ2v) is 4.14. The Hall–Kier alpha value is -2.56. The highest BCUT2D eigenvalue weighted by molar-refractivity contribution is 5.86. The summed E-state index contributed by atoms with van der Waals surface area (Å²) in [5.41, 5.74) is 0.532. The van der Waals surface area contributed by atoms with Crippen molar-refractivity contribution in [3.8, 4) is 5.75 Å². The first kappa shape index (κ1) is 13.9. The van der Waals surface area contributed by atoms with Crippen LogP contribution in [0, 0.1) is 0 Å². The average molecular weight is 274 g/mol. The lowest BCUT2D eigenvalue weighted by Gasteiger charge is -2.12. The molecule has 0 aliphatic carbocycles. The van der Waals surface area contributed by atoms with Crippen LogP contribution in [0.1, 0.15) is 39.7 Å². The Morgan fingerprint density at radius 1 is 1.30 bits per heavy atom. The van der Waals surface area contributed by atoms with Gasteiger partial charge in [0.05, 0.1) is 7.11 Å². The van der Waals surface area contributed by atoms with Crippen LogP contribution in [-0.4, -0.2) is 19.4 Å². The number of benzene rings is 1. The van der Waals surface area contributed by atoms with Gasteiger partial charge in [-0.3, -0.25) is 4.79 Å². The van der Waals surface area contributed by atoms with Crippen molar-refractivity contribution >= 4 is 12.3 Å². The molecule has 0 spiro atoms. The number of furan rings is 1. The molecule has 1 aromatic heterocycles. The number of hydrogen-bond acceptors (Lipinski definition) is 5. The molecule has 0 bridgehead atoms. The van der Waals surface area contributed by atoms with E-state index in [9.17, 15) is 9.59 Å². The second-order valence-electron chi connectivity index (χ2n) is 4.14. The standard InChI is InChI=1S/C15H14O5/c1-10(13-6-7-14(20-13)15(17)18-2)19-12-5-3-4-11(8-12)9-16/h3-10H,1-2H3. The van der Waals surface area contributed by atoms with E-state index in [1.165, 1.54) is 13.2 Å². The molecule has 1 unspecified atom stereocenters. The number of carbonyl (C=O) groups excluding carboxylic acids is 2. The molecule has 0 radical (unpaired) electrons. The Bertz CT molecular complexity index is 614. The molecule has 1 atom stereocenters. The van der Waals surface area contributed by atoms with Crippen LogP contribution in [0.15, 0.2) is 40.8 Å². The van der Waals surface area contributed by atoms with Crippen molar-refractivity contribution in [2.24, 2.45) is 0 Å². The maximum Gasteiger partial charge on any atom is 0.373 e. The predicted octanol–water partition coefficient (Wildman–Crippen LogP) is 3.02. The SMILES string of the molecule is COC(=O)c1ccc(C(C)Oc2cccc(C=O)c2)o1. The molecule has 0 amide bonds. The van der Waals surface area contributed by atoms with E-state index in [2.05, 4.69) is 4.74 Å². The van der Waals surface area contributed by atoms with Gasteiger partial charge in [-0.25, -0.2) is 4.79 Å². The van der Waals surface area contributed by atoms with Crippen LogP contribution >= 0.6 is 0 Å². The largest absolute Gasteiger partial charge is 0.483 e. The molecule has 1 aromatic carbocycles. The lowest BCUT2D eigenvalue weighted by atomic mass is 10.2. The predicted molar refractivity (Wildman–Crippen MR) is 70.9 cm³/mol. The van der Waals surface area contributed by atoms with E-state index in [0.29, 0.717) is 17.1 Å². The molecule has 0 fully saturated rings. The molecule has 0 saturated heterocycles. The van der Waals surface area contributed by atoms with Crippen molar-refractivity contribution in [2.75, 3.05) is 7.11 Å². The van der Waals surface area contributed by atoms with E-state index in [4.69, 9.17) is 9.15 Å². The Morgan fingerprint density at radius 3 is 2.80 bits per heavy atom. The van der Waals surface area contributed by atoms with E-state index in [-0.39, 0.29) is 5.76 Å². The zero-order valence-electron chi connectivity index (χ0n) is 11.2. The van der Waals surface area contributed by atoms with Crippen molar-refractivity contribution in [3.05, 3.63) is 53.5 Å². The van der Waals surface area contributed by atoms with Crippen LogP contribution in [0.4, 0.5) is 0 Å². The summed E-state index contributed by atoms with van der Waals surface area (Å²) in [5, 5.41) is 0. The first-order chi connectivity index (χ1) is 9.63. The third kappa shape index (κ3) is 3.06. The molecular weight excluding hydrogens is 260 g/mol. The smallest absolute Gasteiger partial charge is 0.373 e. The van der Waals surface area contributed by atoms with Crippen LogP contribution in [0.2, 0.25) is 0 Å². The summed E-state index contributed by atoms with van der Waals surface area (Å²) >= 11 is 0. The van der Waals surface area contributed by atoms with E-state index >= 15 is 0 Å². The highest BCUT2D eigenvalue weighted by Crippen LogP contribution is 2.24. The molecule has 20 heavy (non-hydrogen) atoms. The minimum absolute atomic E-state index is 0.125. The van der Waals surface area contributed by atoms with Crippen molar-refractivity contribution in [1.82, 2.24) is 0 Å². The number of rotatable bonds is 5. The van der Waals surface area contributed by atoms with Crippen LogP contribution in [0.25, 0.3) is 0 Å². The van der Waals surface area contributed by atoms with Gasteiger partial charge in [0, 0.05) is 5.56 Å². The van der Waals surface area contributed by atoms with Gasteiger partial charge < -0.3 is 13.9 Å². The Kier molecular flexibility index (Phi) is 4.20. The molecule has 0 N–H and O–H groups in total. The Morgan fingerprint density at radius 2 is 2.10 bits per heavy atom. The lowest BCUT2D eigenvalue weighted by Crippen LogP contribution is -2.03. The quantitative estimate of drug-likeness (QED) is 0.619. The van der Waals surface area contributed by atoms with Crippen molar-refractivity contribution in [2.45, 2.75) is 13.0 Å². The summed E-state index contributed by atoms with van der Waals surface area (Å²) in [4.78, 5) is 22.0. The van der Waals surface area contributed by atoms with E-state index in [1.807, 2.05) is 0 Å². The Balaban J connectivity index is 2.11. The third-order valence-electron chi connectivity index (χ3n) is 2.72. The summed E-state index contributed by atoms with van der Waals surface area (Å²) in [6.45, 7) is 1.79. The van der Waals surface area contributed by atoms with Gasteiger partial charge in [-0.1, -0.05) is 12.1 Å². The van der Waals surface area contributed by atoms with Crippen molar-refractivity contribution in [1.29, 1.82) is 0 Å². The highest BCUT2D eigenvalue weighted by Gasteiger charge is 2.16. The fourth-order valence-corrected chi connectivity index (χ4v) is 1.70. The topological polar surface area (TPSA) is 65.7 Å². The first-order valence-corrected chi connectivity index (χ1v) is 6.04. The summed E-state index contributed by atoms with van der Waals surface area (Å²) < 4.78 is 15.6. The molecule has 5 nitrogen and oxygen atoms in total. The van der Waals surface area contributed by atoms with Gasteiger partial charge in [0.2, 0.25) is 5.76 Å². The molecule has 2 aromatic rings. The monoisotopic (exact) mass is 274 g/mol. The minimum atomic E-state index is -0.536. The van der Waals surface area contributed by atoms with Crippen LogP contribution < -0.4 is 4.74 Å². The number of aldehydes is 1. The summed E-state index contributed by atoms with van der Waals surface area (Å²) in [6, 6.07) is 9.98. The van der Waals surface area contributed by atoms with Crippen molar-refractivity contribution < 1.29 is 23.5 Å². The number of methoxy groups -OCH3 is 1. The van der Waals surface area contributed by atoms with E-state index < -0.39 is 12.1 Å². The van der Waals surface area contributed by atoms with E-state index in [0.717, 1.165) is 6.29 Å². The summed E-state index contributed by atoms with van der Waals surface area (Å²) in [6.07, 6.45) is 0.357. The van der Waals surface area contributed by atoms with Gasteiger partial charge in [0.1, 0.15) is 17.8 Å². The molecule has 0 aliphatic rings. The average Bonchev–Trinajstić information content (AvgIpc) is 2.96. The van der Waals surface area contributed by atoms with Gasteiger partial charge >= 0.3 is 5.97 Å². The fourth-order valence-electron chi connectivity index (χ4n) is 1.70. The number of carbonyl (C=O) groups is 2. The van der Waals surface area contributed by atoms with Gasteiger partial charge in [-0.05, 0) is 31.2 Å². The summed E-state index contributed by atoms with van der Waals surface area (Å²) in [7, 11) is 1.29. The minimum Gasteiger partial charge on any atom is -0.483 e. The zero-order valence-corrected chi connectivity index (χ0v) is 11.2. The first-order valence-electron chi connectivity index (χ1n) is 6.04. The molecule has 5 heteroatoms. The molecule has 0 saturated carbocycles. The highest BCUT2D eigenvalue weighted by atomic mass is 16.5. The fraction of sp³-hybridized carbons (Fsp3) is 0.200. The Labute approximate surface area is 116 Å². The summed E-state index contributed by atoms with van der Waals surface area (Å²) in [5.74, 6) is 0.644. The van der Waals surface area contributed by atoms with Crippen LogP contribution in [0.5, 0.6) is 5.75 Å². The third-order valence-corrected chi connectivity index (χ3v) is 2.72. The normalized spacial score (nSPS) is 11.7. The van der Waals surface area contributed by atoms with Crippen LogP contribution in [-0.2, 0) is 4.74 Å².